The van der Waals surface area contributed by atoms with Crippen LogP contribution in [0.3, 0.4) is 0 Å². The molecular weight excluding hydrogens is 295 g/mol. The highest BCUT2D eigenvalue weighted by Crippen LogP contribution is 2.32. The Morgan fingerprint density at radius 1 is 1.15 bits per heavy atom. The van der Waals surface area contributed by atoms with Crippen molar-refractivity contribution >= 4 is 23.2 Å². The van der Waals surface area contributed by atoms with E-state index in [2.05, 4.69) is 5.43 Å². The number of hydrogen-bond acceptors (Lipinski definition) is 3. The molecule has 0 aliphatic carbocycles. The first-order chi connectivity index (χ1) is 9.65. The summed E-state index contributed by atoms with van der Waals surface area (Å²) in [5.41, 5.74) is 4.67. The third-order valence-electron chi connectivity index (χ3n) is 3.12. The van der Waals surface area contributed by atoms with Crippen LogP contribution in [0.25, 0.3) is 0 Å². The van der Waals surface area contributed by atoms with Crippen molar-refractivity contribution in [1.29, 1.82) is 0 Å². The van der Waals surface area contributed by atoms with Crippen LogP contribution >= 0.6 is 23.2 Å². The lowest BCUT2D eigenvalue weighted by molar-refractivity contribution is 0.414. The minimum Gasteiger partial charge on any atom is -0.497 e. The zero-order valence-electron chi connectivity index (χ0n) is 11.1. The topological polar surface area (TPSA) is 47.3 Å². The summed E-state index contributed by atoms with van der Waals surface area (Å²) in [6.07, 6.45) is 0.664. The monoisotopic (exact) mass is 310 g/mol. The number of benzene rings is 2. The molecule has 106 valence electrons. The predicted octanol–water partition coefficient (Wildman–Crippen LogP) is 3.75. The van der Waals surface area contributed by atoms with Gasteiger partial charge in [-0.05, 0) is 36.2 Å². The molecule has 2 aromatic carbocycles. The lowest BCUT2D eigenvalue weighted by Gasteiger charge is -2.19. The molecule has 5 heteroatoms. The van der Waals surface area contributed by atoms with Gasteiger partial charge in [0.25, 0.3) is 0 Å². The summed E-state index contributed by atoms with van der Waals surface area (Å²) in [5.74, 6) is 6.47. The largest absolute Gasteiger partial charge is 0.497 e. The first-order valence-corrected chi connectivity index (χ1v) is 6.94. The van der Waals surface area contributed by atoms with Gasteiger partial charge in [-0.1, -0.05) is 41.4 Å². The van der Waals surface area contributed by atoms with E-state index in [0.29, 0.717) is 16.5 Å². The molecule has 3 nitrogen and oxygen atoms in total. The van der Waals surface area contributed by atoms with Gasteiger partial charge in [-0.25, -0.2) is 0 Å². The molecule has 0 aliphatic rings. The molecule has 0 aliphatic heterocycles. The van der Waals surface area contributed by atoms with Gasteiger partial charge < -0.3 is 4.74 Å². The first-order valence-electron chi connectivity index (χ1n) is 6.18. The van der Waals surface area contributed by atoms with Crippen LogP contribution in [0.5, 0.6) is 5.75 Å². The second kappa shape index (κ2) is 6.95. The van der Waals surface area contributed by atoms with Crippen molar-refractivity contribution in [3.63, 3.8) is 0 Å². The summed E-state index contributed by atoms with van der Waals surface area (Å²) < 4.78 is 5.22. The molecule has 1 unspecified atom stereocenters. The summed E-state index contributed by atoms with van der Waals surface area (Å²) in [5, 5.41) is 1.20. The quantitative estimate of drug-likeness (QED) is 0.653. The molecule has 2 rings (SSSR count). The fourth-order valence-corrected chi connectivity index (χ4v) is 2.78. The van der Waals surface area contributed by atoms with E-state index in [1.54, 1.807) is 19.2 Å². The number of nitrogens with one attached hydrogen (secondary N) is 1. The Hall–Kier alpha value is -1.26. The fourth-order valence-electron chi connectivity index (χ4n) is 2.12. The van der Waals surface area contributed by atoms with Crippen molar-refractivity contribution < 1.29 is 4.74 Å². The van der Waals surface area contributed by atoms with Crippen molar-refractivity contribution in [3.05, 3.63) is 63.6 Å². The predicted molar refractivity (Wildman–Crippen MR) is 83.2 cm³/mol. The van der Waals surface area contributed by atoms with Crippen molar-refractivity contribution in [2.75, 3.05) is 7.11 Å². The molecule has 0 bridgehead atoms. The standard InChI is InChI=1S/C15H16Cl2N2O/c1-20-11-5-2-4-10(8-11)9-14(19-18)15-12(16)6-3-7-13(15)17/h2-8,14,19H,9,18H2,1H3. The number of nitrogens with two attached hydrogens (primary N) is 1. The van der Waals surface area contributed by atoms with Crippen LogP contribution in [0, 0.1) is 0 Å². The summed E-state index contributed by atoms with van der Waals surface area (Å²) in [4.78, 5) is 0. The van der Waals surface area contributed by atoms with Crippen molar-refractivity contribution in [1.82, 2.24) is 5.43 Å². The SMILES string of the molecule is COc1cccc(CC(NN)c2c(Cl)cccc2Cl)c1. The van der Waals surface area contributed by atoms with Crippen LogP contribution in [0.1, 0.15) is 17.2 Å². The van der Waals surface area contributed by atoms with E-state index in [1.807, 2.05) is 30.3 Å². The number of hydrogen-bond donors (Lipinski definition) is 2. The van der Waals surface area contributed by atoms with Gasteiger partial charge in [-0.15, -0.1) is 0 Å². The molecule has 0 saturated carbocycles. The zero-order valence-corrected chi connectivity index (χ0v) is 12.6. The number of methoxy groups -OCH3 is 1. The molecule has 3 N–H and O–H groups in total. The Kier molecular flexibility index (Phi) is 5.26. The highest BCUT2D eigenvalue weighted by atomic mass is 35.5. The van der Waals surface area contributed by atoms with Gasteiger partial charge in [0.1, 0.15) is 5.75 Å². The fraction of sp³-hybridized carbons (Fsp3) is 0.200. The average molecular weight is 311 g/mol. The van der Waals surface area contributed by atoms with Crippen LogP contribution in [-0.4, -0.2) is 7.11 Å². The average Bonchev–Trinajstić information content (AvgIpc) is 2.46. The van der Waals surface area contributed by atoms with Gasteiger partial charge in [0.2, 0.25) is 0 Å². The van der Waals surface area contributed by atoms with Crippen molar-refractivity contribution in [2.45, 2.75) is 12.5 Å². The second-order valence-corrected chi connectivity index (χ2v) is 5.22. The summed E-state index contributed by atoms with van der Waals surface area (Å²) in [6.45, 7) is 0. The first kappa shape index (κ1) is 15.1. The molecule has 0 amide bonds. The Bertz CT molecular complexity index is 570. The van der Waals surface area contributed by atoms with Gasteiger partial charge in [0.05, 0.1) is 13.2 Å². The number of rotatable bonds is 5. The molecule has 1 atom stereocenters. The van der Waals surface area contributed by atoms with E-state index in [-0.39, 0.29) is 6.04 Å². The lowest BCUT2D eigenvalue weighted by Crippen LogP contribution is -2.30. The number of halogens is 2. The molecule has 0 radical (unpaired) electrons. The molecule has 0 fully saturated rings. The summed E-state index contributed by atoms with van der Waals surface area (Å²) in [7, 11) is 1.64. The van der Waals surface area contributed by atoms with Crippen LogP contribution in [-0.2, 0) is 6.42 Å². The van der Waals surface area contributed by atoms with Gasteiger partial charge >= 0.3 is 0 Å². The minimum atomic E-state index is -0.164. The summed E-state index contributed by atoms with van der Waals surface area (Å²) in [6, 6.07) is 13.1. The minimum absolute atomic E-state index is 0.164. The maximum absolute atomic E-state index is 6.22. The van der Waals surface area contributed by atoms with Gasteiger partial charge in [-0.2, -0.15) is 0 Å². The van der Waals surface area contributed by atoms with E-state index in [1.165, 1.54) is 0 Å². The van der Waals surface area contributed by atoms with Crippen LogP contribution in [0.4, 0.5) is 0 Å². The molecule has 20 heavy (non-hydrogen) atoms. The van der Waals surface area contributed by atoms with Crippen molar-refractivity contribution in [3.8, 4) is 5.75 Å². The lowest BCUT2D eigenvalue weighted by atomic mass is 9.99. The third-order valence-corrected chi connectivity index (χ3v) is 3.78. The van der Waals surface area contributed by atoms with E-state index >= 15 is 0 Å². The smallest absolute Gasteiger partial charge is 0.119 e. The highest BCUT2D eigenvalue weighted by molar-refractivity contribution is 6.36. The molecule has 0 aromatic heterocycles. The van der Waals surface area contributed by atoms with Crippen LogP contribution in [0.15, 0.2) is 42.5 Å². The Balaban J connectivity index is 2.29. The van der Waals surface area contributed by atoms with Gasteiger partial charge in [0.15, 0.2) is 0 Å². The van der Waals surface area contributed by atoms with Crippen molar-refractivity contribution in [2.24, 2.45) is 5.84 Å². The Morgan fingerprint density at radius 3 is 2.40 bits per heavy atom. The Morgan fingerprint density at radius 2 is 1.80 bits per heavy atom. The molecule has 0 spiro atoms. The third kappa shape index (κ3) is 3.44. The number of ether oxygens (including phenoxy) is 1. The summed E-state index contributed by atoms with van der Waals surface area (Å²) >= 11 is 12.4. The maximum atomic E-state index is 6.22. The van der Waals surface area contributed by atoms with Gasteiger partial charge in [0, 0.05) is 15.6 Å². The van der Waals surface area contributed by atoms with Gasteiger partial charge in [-0.3, -0.25) is 11.3 Å². The van der Waals surface area contributed by atoms with E-state index in [0.717, 1.165) is 16.9 Å². The Labute approximate surface area is 128 Å². The molecule has 0 saturated heterocycles. The normalized spacial score (nSPS) is 12.2. The maximum Gasteiger partial charge on any atom is 0.119 e. The van der Waals surface area contributed by atoms with E-state index in [9.17, 15) is 0 Å². The zero-order chi connectivity index (χ0) is 14.5. The number of hydrazine groups is 1. The highest BCUT2D eigenvalue weighted by Gasteiger charge is 2.17. The van der Waals surface area contributed by atoms with E-state index < -0.39 is 0 Å². The molecular formula is C15H16Cl2N2O. The van der Waals surface area contributed by atoms with E-state index in [4.69, 9.17) is 33.8 Å². The molecule has 0 heterocycles. The van der Waals surface area contributed by atoms with Crippen LogP contribution < -0.4 is 16.0 Å². The second-order valence-electron chi connectivity index (χ2n) is 4.41. The van der Waals surface area contributed by atoms with Crippen LogP contribution in [0.2, 0.25) is 10.0 Å². The molecule has 2 aromatic rings.